The summed E-state index contributed by atoms with van der Waals surface area (Å²) in [4.78, 5) is 14.0. The number of hydrogen-bond donors (Lipinski definition) is 0. The highest BCUT2D eigenvalue weighted by molar-refractivity contribution is 9.11. The molecule has 0 aromatic heterocycles. The Balaban J connectivity index is 2.13. The number of benzene rings is 1. The number of carbonyl (C=O) groups excluding carboxylic acids is 1. The van der Waals surface area contributed by atoms with Crippen LogP contribution in [-0.4, -0.2) is 23.8 Å². The zero-order valence-corrected chi connectivity index (χ0v) is 12.5. The average Bonchev–Trinajstić information content (AvgIpc) is 2.32. The van der Waals surface area contributed by atoms with Crippen LogP contribution in [0.5, 0.6) is 0 Å². The first-order valence-corrected chi connectivity index (χ1v) is 6.87. The van der Waals surface area contributed by atoms with E-state index in [1.165, 1.54) is 0 Å². The van der Waals surface area contributed by atoms with Crippen LogP contribution in [0.1, 0.15) is 10.4 Å². The zero-order valence-electron chi connectivity index (χ0n) is 9.37. The van der Waals surface area contributed by atoms with Gasteiger partial charge in [-0.05, 0) is 40.2 Å². The van der Waals surface area contributed by atoms with E-state index in [4.69, 9.17) is 23.2 Å². The van der Waals surface area contributed by atoms with E-state index in [0.717, 1.165) is 4.48 Å². The van der Waals surface area contributed by atoms with E-state index in [9.17, 15) is 4.79 Å². The van der Waals surface area contributed by atoms with E-state index in [2.05, 4.69) is 15.9 Å². The molecule has 0 saturated heterocycles. The molecule has 94 valence electrons. The molecule has 2 nitrogen and oxygen atoms in total. The molecule has 2 rings (SSSR count). The minimum atomic E-state index is -0.0469. The van der Waals surface area contributed by atoms with Gasteiger partial charge in [-0.3, -0.25) is 4.79 Å². The Morgan fingerprint density at radius 2 is 2.17 bits per heavy atom. The molecule has 0 N–H and O–H groups in total. The van der Waals surface area contributed by atoms with Crippen molar-refractivity contribution in [1.82, 2.24) is 4.90 Å². The van der Waals surface area contributed by atoms with Crippen molar-refractivity contribution in [1.29, 1.82) is 0 Å². The van der Waals surface area contributed by atoms with Gasteiger partial charge in [-0.1, -0.05) is 29.3 Å². The molecule has 5 heteroatoms. The van der Waals surface area contributed by atoms with Gasteiger partial charge in [0.1, 0.15) is 0 Å². The van der Waals surface area contributed by atoms with E-state index in [-0.39, 0.29) is 12.3 Å². The van der Waals surface area contributed by atoms with Crippen molar-refractivity contribution >= 4 is 44.9 Å². The SMILES string of the molecule is O=C(CN1C=C(Br)C=CC1)c1cc(Cl)ccc1Cl. The summed E-state index contributed by atoms with van der Waals surface area (Å²) in [7, 11) is 0. The van der Waals surface area contributed by atoms with Crippen LogP contribution < -0.4 is 0 Å². The third-order valence-electron chi connectivity index (χ3n) is 2.50. The van der Waals surface area contributed by atoms with Gasteiger partial charge in [0.05, 0.1) is 11.6 Å². The standard InChI is InChI=1S/C13H10BrCl2NO/c14-9-2-1-5-17(7-9)8-13(18)11-6-10(15)3-4-12(11)16/h1-4,6-7H,5,8H2. The minimum Gasteiger partial charge on any atom is -0.365 e. The van der Waals surface area contributed by atoms with Crippen molar-refractivity contribution < 1.29 is 4.79 Å². The molecule has 0 unspecified atom stereocenters. The Hall–Kier alpha value is -0.770. The predicted molar refractivity (Wildman–Crippen MR) is 78.5 cm³/mol. The Morgan fingerprint density at radius 1 is 1.39 bits per heavy atom. The van der Waals surface area contributed by atoms with E-state index >= 15 is 0 Å². The number of rotatable bonds is 3. The summed E-state index contributed by atoms with van der Waals surface area (Å²) in [6, 6.07) is 4.91. The van der Waals surface area contributed by atoms with Crippen molar-refractivity contribution in [3.8, 4) is 0 Å². The van der Waals surface area contributed by atoms with Crippen LogP contribution in [0.4, 0.5) is 0 Å². The molecular formula is C13H10BrCl2NO. The van der Waals surface area contributed by atoms with Crippen molar-refractivity contribution in [3.63, 3.8) is 0 Å². The molecule has 0 bridgehead atoms. The Labute approximate surface area is 124 Å². The van der Waals surface area contributed by atoms with Gasteiger partial charge in [-0.15, -0.1) is 0 Å². The lowest BCUT2D eigenvalue weighted by Gasteiger charge is -2.21. The van der Waals surface area contributed by atoms with E-state index in [1.807, 2.05) is 23.3 Å². The van der Waals surface area contributed by atoms with Crippen molar-refractivity contribution in [2.75, 3.05) is 13.1 Å². The summed E-state index contributed by atoms with van der Waals surface area (Å²) < 4.78 is 0.943. The highest BCUT2D eigenvalue weighted by Gasteiger charge is 2.14. The van der Waals surface area contributed by atoms with Crippen LogP contribution in [0.2, 0.25) is 10.0 Å². The van der Waals surface area contributed by atoms with Gasteiger partial charge in [-0.25, -0.2) is 0 Å². The molecule has 0 fully saturated rings. The molecule has 0 aliphatic carbocycles. The molecule has 1 aliphatic rings. The largest absolute Gasteiger partial charge is 0.365 e. The van der Waals surface area contributed by atoms with E-state index < -0.39 is 0 Å². The van der Waals surface area contributed by atoms with Gasteiger partial charge in [0.2, 0.25) is 0 Å². The summed E-state index contributed by atoms with van der Waals surface area (Å²) >= 11 is 15.2. The normalized spacial score (nSPS) is 14.6. The second-order valence-corrected chi connectivity index (χ2v) is 5.65. The lowest BCUT2D eigenvalue weighted by molar-refractivity contribution is 0.0959. The lowest BCUT2D eigenvalue weighted by Crippen LogP contribution is -2.27. The highest BCUT2D eigenvalue weighted by atomic mass is 79.9. The summed E-state index contributed by atoms with van der Waals surface area (Å²) in [5, 5.41) is 0.943. The van der Waals surface area contributed by atoms with Gasteiger partial charge >= 0.3 is 0 Å². The summed E-state index contributed by atoms with van der Waals surface area (Å²) in [6.45, 7) is 0.985. The average molecular weight is 347 g/mol. The smallest absolute Gasteiger partial charge is 0.183 e. The quantitative estimate of drug-likeness (QED) is 0.761. The first kappa shape index (κ1) is 13.7. The van der Waals surface area contributed by atoms with Gasteiger partial charge in [0, 0.05) is 27.8 Å². The lowest BCUT2D eigenvalue weighted by atomic mass is 10.1. The fourth-order valence-electron chi connectivity index (χ4n) is 1.66. The highest BCUT2D eigenvalue weighted by Crippen LogP contribution is 2.22. The third kappa shape index (κ3) is 3.37. The van der Waals surface area contributed by atoms with Crippen molar-refractivity contribution in [2.45, 2.75) is 0 Å². The van der Waals surface area contributed by atoms with Crippen LogP contribution in [0, 0.1) is 0 Å². The number of allylic oxidation sites excluding steroid dienone is 2. The summed E-state index contributed by atoms with van der Waals surface area (Å²) in [5.74, 6) is -0.0469. The minimum absolute atomic E-state index is 0.0469. The van der Waals surface area contributed by atoms with Crippen molar-refractivity contribution in [3.05, 3.63) is 56.6 Å². The Morgan fingerprint density at radius 3 is 2.89 bits per heavy atom. The molecule has 1 aromatic carbocycles. The Kier molecular flexibility index (Phi) is 4.49. The van der Waals surface area contributed by atoms with Crippen LogP contribution in [0.15, 0.2) is 41.0 Å². The molecule has 0 saturated carbocycles. The number of Topliss-reactive ketones (excluding diaryl/α,β-unsaturated/α-hetero) is 1. The maximum atomic E-state index is 12.1. The molecule has 18 heavy (non-hydrogen) atoms. The molecule has 0 amide bonds. The fraction of sp³-hybridized carbons (Fsp3) is 0.154. The number of hydrogen-bond acceptors (Lipinski definition) is 2. The zero-order chi connectivity index (χ0) is 13.1. The monoisotopic (exact) mass is 345 g/mol. The topological polar surface area (TPSA) is 20.3 Å². The fourth-order valence-corrected chi connectivity index (χ4v) is 2.53. The molecule has 1 heterocycles. The van der Waals surface area contributed by atoms with Crippen LogP contribution >= 0.6 is 39.1 Å². The Bertz CT molecular complexity index is 540. The maximum Gasteiger partial charge on any atom is 0.183 e. The van der Waals surface area contributed by atoms with Gasteiger partial charge in [-0.2, -0.15) is 0 Å². The molecular weight excluding hydrogens is 337 g/mol. The second-order valence-electron chi connectivity index (χ2n) is 3.89. The molecule has 1 aromatic rings. The molecule has 0 atom stereocenters. The maximum absolute atomic E-state index is 12.1. The first-order chi connectivity index (χ1) is 8.56. The van der Waals surface area contributed by atoms with Crippen LogP contribution in [0.25, 0.3) is 0 Å². The van der Waals surface area contributed by atoms with Gasteiger partial charge in [0.15, 0.2) is 5.78 Å². The van der Waals surface area contributed by atoms with Crippen molar-refractivity contribution in [2.24, 2.45) is 0 Å². The van der Waals surface area contributed by atoms with Gasteiger partial charge in [0.25, 0.3) is 0 Å². The second kappa shape index (κ2) is 5.91. The third-order valence-corrected chi connectivity index (χ3v) is 3.53. The number of nitrogens with zero attached hydrogens (tertiary/aromatic N) is 1. The summed E-state index contributed by atoms with van der Waals surface area (Å²) in [6.07, 6.45) is 5.82. The molecule has 1 aliphatic heterocycles. The number of halogens is 3. The number of carbonyl (C=O) groups is 1. The first-order valence-electron chi connectivity index (χ1n) is 5.32. The predicted octanol–water partition coefficient (Wildman–Crippen LogP) is 4.28. The van der Waals surface area contributed by atoms with E-state index in [0.29, 0.717) is 22.2 Å². The molecule has 0 spiro atoms. The summed E-state index contributed by atoms with van der Waals surface area (Å²) in [5.41, 5.74) is 0.461. The van der Waals surface area contributed by atoms with Gasteiger partial charge < -0.3 is 4.90 Å². The van der Waals surface area contributed by atoms with E-state index in [1.54, 1.807) is 18.2 Å². The van der Waals surface area contributed by atoms with Crippen LogP contribution in [-0.2, 0) is 0 Å². The number of ketones is 1. The molecule has 0 radical (unpaired) electrons. The van der Waals surface area contributed by atoms with Crippen LogP contribution in [0.3, 0.4) is 0 Å².